The molecule has 5 rings (SSSR count). The van der Waals surface area contributed by atoms with Crippen LogP contribution in [0.3, 0.4) is 0 Å². The first-order valence-electron chi connectivity index (χ1n) is 9.80. The van der Waals surface area contributed by atoms with Crippen LogP contribution in [0.15, 0.2) is 18.2 Å². The molecule has 8 heteroatoms. The van der Waals surface area contributed by atoms with E-state index >= 15 is 0 Å². The second-order valence-corrected chi connectivity index (χ2v) is 7.32. The summed E-state index contributed by atoms with van der Waals surface area (Å²) < 4.78 is 34.0. The van der Waals surface area contributed by atoms with E-state index in [2.05, 4.69) is 5.32 Å². The fraction of sp³-hybridized carbons (Fsp3) is 0.409. The van der Waals surface area contributed by atoms with Gasteiger partial charge in [-0.2, -0.15) is 0 Å². The molecule has 8 nitrogen and oxygen atoms in total. The summed E-state index contributed by atoms with van der Waals surface area (Å²) in [6.07, 6.45) is 0.411. The lowest BCUT2D eigenvalue weighted by Gasteiger charge is -2.37. The maximum Gasteiger partial charge on any atom is 0.231 e. The monoisotopic (exact) mass is 413 g/mol. The summed E-state index contributed by atoms with van der Waals surface area (Å²) in [6, 6.07) is 5.45. The van der Waals surface area contributed by atoms with Crippen LogP contribution in [0.1, 0.15) is 39.2 Å². The van der Waals surface area contributed by atoms with Crippen molar-refractivity contribution in [2.45, 2.75) is 18.6 Å². The van der Waals surface area contributed by atoms with E-state index in [4.69, 9.17) is 28.4 Å². The Hall–Kier alpha value is -2.97. The Morgan fingerprint density at radius 2 is 1.90 bits per heavy atom. The molecule has 0 aliphatic carbocycles. The van der Waals surface area contributed by atoms with Gasteiger partial charge in [0.05, 0.1) is 32.9 Å². The van der Waals surface area contributed by atoms with Crippen molar-refractivity contribution in [2.75, 3.05) is 41.3 Å². The molecular weight excluding hydrogens is 390 g/mol. The van der Waals surface area contributed by atoms with Gasteiger partial charge >= 0.3 is 0 Å². The average molecular weight is 413 g/mol. The van der Waals surface area contributed by atoms with Gasteiger partial charge in [0, 0.05) is 5.56 Å². The highest BCUT2D eigenvalue weighted by Crippen LogP contribution is 2.52. The maximum atomic E-state index is 12.7. The van der Waals surface area contributed by atoms with E-state index < -0.39 is 6.10 Å². The van der Waals surface area contributed by atoms with Crippen LogP contribution in [0.2, 0.25) is 0 Å². The van der Waals surface area contributed by atoms with Gasteiger partial charge in [-0.3, -0.25) is 4.79 Å². The Bertz CT molecular complexity index is 1020. The molecule has 0 fully saturated rings. The number of methoxy groups -OCH3 is 3. The summed E-state index contributed by atoms with van der Waals surface area (Å²) >= 11 is 0. The molecule has 0 aromatic heterocycles. The van der Waals surface area contributed by atoms with E-state index in [0.29, 0.717) is 34.3 Å². The number of rotatable bonds is 4. The van der Waals surface area contributed by atoms with Crippen LogP contribution >= 0.6 is 0 Å². The molecular formula is C22H23NO7. The smallest absolute Gasteiger partial charge is 0.231 e. The zero-order valence-electron chi connectivity index (χ0n) is 17.1. The SMILES string of the molecule is COc1ccc2c(c1OC)C(=O)COC2C1NCCc2cc3c(c(OC)c21)OCO3. The summed E-state index contributed by atoms with van der Waals surface area (Å²) in [5.41, 5.74) is 3.34. The fourth-order valence-corrected chi connectivity index (χ4v) is 4.62. The first-order valence-corrected chi connectivity index (χ1v) is 9.80. The van der Waals surface area contributed by atoms with Crippen molar-refractivity contribution in [1.29, 1.82) is 0 Å². The standard InChI is InChI=1S/C22H23NO7/c1-25-14-5-4-12-17(20(14)26-2)13(24)9-28-19(12)18-16-11(6-7-23-18)8-15-21(22(16)27-3)30-10-29-15/h4-5,8,18-19,23H,6-7,9-10H2,1-3H3. The quantitative estimate of drug-likeness (QED) is 0.819. The van der Waals surface area contributed by atoms with E-state index in [-0.39, 0.29) is 25.2 Å². The number of nitrogens with one attached hydrogen (secondary N) is 1. The van der Waals surface area contributed by atoms with Crippen LogP contribution in [0, 0.1) is 0 Å². The third-order valence-electron chi connectivity index (χ3n) is 5.88. The highest BCUT2D eigenvalue weighted by Gasteiger charge is 2.41. The van der Waals surface area contributed by atoms with Gasteiger partial charge in [0.15, 0.2) is 28.8 Å². The molecule has 2 atom stereocenters. The van der Waals surface area contributed by atoms with Crippen molar-refractivity contribution in [1.82, 2.24) is 5.32 Å². The van der Waals surface area contributed by atoms with Crippen molar-refractivity contribution < 1.29 is 33.2 Å². The third kappa shape index (κ3) is 2.71. The zero-order valence-corrected chi connectivity index (χ0v) is 17.1. The minimum atomic E-state index is -0.411. The second kappa shape index (κ2) is 7.37. The Morgan fingerprint density at radius 3 is 2.67 bits per heavy atom. The molecule has 0 bridgehead atoms. The van der Waals surface area contributed by atoms with Crippen molar-refractivity contribution in [3.63, 3.8) is 0 Å². The molecule has 1 N–H and O–H groups in total. The number of Topliss-reactive ketones (excluding diaryl/α,β-unsaturated/α-hetero) is 1. The van der Waals surface area contributed by atoms with Gasteiger partial charge < -0.3 is 33.7 Å². The normalized spacial score (nSPS) is 21.6. The van der Waals surface area contributed by atoms with E-state index in [1.807, 2.05) is 12.1 Å². The van der Waals surface area contributed by atoms with Crippen molar-refractivity contribution in [2.24, 2.45) is 0 Å². The van der Waals surface area contributed by atoms with Gasteiger partial charge in [0.2, 0.25) is 12.5 Å². The molecule has 2 aromatic rings. The Kier molecular flexibility index (Phi) is 4.67. The number of hydrogen-bond acceptors (Lipinski definition) is 8. The third-order valence-corrected chi connectivity index (χ3v) is 5.88. The number of hydrogen-bond donors (Lipinski definition) is 1. The molecule has 0 amide bonds. The molecule has 2 aromatic carbocycles. The molecule has 0 saturated carbocycles. The summed E-state index contributed by atoms with van der Waals surface area (Å²) in [6.45, 7) is 0.888. The molecule has 2 unspecified atom stereocenters. The predicted molar refractivity (Wildman–Crippen MR) is 106 cm³/mol. The van der Waals surface area contributed by atoms with Gasteiger partial charge in [-0.05, 0) is 36.2 Å². The summed E-state index contributed by atoms with van der Waals surface area (Å²) in [7, 11) is 4.71. The highest BCUT2D eigenvalue weighted by molar-refractivity contribution is 6.02. The first-order chi connectivity index (χ1) is 14.7. The van der Waals surface area contributed by atoms with Gasteiger partial charge in [-0.1, -0.05) is 6.07 Å². The minimum absolute atomic E-state index is 0.0401. The van der Waals surface area contributed by atoms with Crippen LogP contribution in [0.25, 0.3) is 0 Å². The molecule has 3 aliphatic rings. The number of carbonyl (C=O) groups excluding carboxylic acids is 1. The topological polar surface area (TPSA) is 84.5 Å². The fourth-order valence-electron chi connectivity index (χ4n) is 4.62. The number of ether oxygens (including phenoxy) is 6. The molecule has 0 saturated heterocycles. The van der Waals surface area contributed by atoms with E-state index in [0.717, 1.165) is 29.7 Å². The summed E-state index contributed by atoms with van der Waals surface area (Å²) in [4.78, 5) is 12.7. The number of carbonyl (C=O) groups is 1. The Morgan fingerprint density at radius 1 is 1.07 bits per heavy atom. The summed E-state index contributed by atoms with van der Waals surface area (Å²) in [5.74, 6) is 2.75. The highest BCUT2D eigenvalue weighted by atomic mass is 16.7. The van der Waals surface area contributed by atoms with Crippen LogP contribution in [0.5, 0.6) is 28.7 Å². The number of benzene rings is 2. The molecule has 3 aliphatic heterocycles. The first kappa shape index (κ1) is 19.0. The van der Waals surface area contributed by atoms with Crippen molar-refractivity contribution in [3.8, 4) is 28.7 Å². The van der Waals surface area contributed by atoms with E-state index in [1.165, 1.54) is 7.11 Å². The lowest BCUT2D eigenvalue weighted by molar-refractivity contribution is 0.0145. The van der Waals surface area contributed by atoms with Crippen molar-refractivity contribution in [3.05, 3.63) is 40.5 Å². The molecule has 158 valence electrons. The van der Waals surface area contributed by atoms with E-state index in [1.54, 1.807) is 20.3 Å². The van der Waals surface area contributed by atoms with Crippen LogP contribution < -0.4 is 29.0 Å². The van der Waals surface area contributed by atoms with Crippen molar-refractivity contribution >= 4 is 5.78 Å². The van der Waals surface area contributed by atoms with Crippen LogP contribution in [-0.4, -0.2) is 47.1 Å². The predicted octanol–water partition coefficient (Wildman–Crippen LogP) is 2.58. The Balaban J connectivity index is 1.66. The van der Waals surface area contributed by atoms with Gasteiger partial charge in [0.25, 0.3) is 0 Å². The largest absolute Gasteiger partial charge is 0.493 e. The number of fused-ring (bicyclic) bond motifs is 3. The van der Waals surface area contributed by atoms with E-state index in [9.17, 15) is 4.79 Å². The van der Waals surface area contributed by atoms with Gasteiger partial charge in [0.1, 0.15) is 12.7 Å². The van der Waals surface area contributed by atoms with Gasteiger partial charge in [-0.15, -0.1) is 0 Å². The lowest BCUT2D eigenvalue weighted by atomic mass is 9.84. The van der Waals surface area contributed by atoms with Crippen LogP contribution in [-0.2, 0) is 11.2 Å². The molecule has 0 radical (unpaired) electrons. The maximum absolute atomic E-state index is 12.7. The van der Waals surface area contributed by atoms with Crippen LogP contribution in [0.4, 0.5) is 0 Å². The van der Waals surface area contributed by atoms with Gasteiger partial charge in [-0.25, -0.2) is 0 Å². The number of ketones is 1. The lowest BCUT2D eigenvalue weighted by Crippen LogP contribution is -2.38. The average Bonchev–Trinajstić information content (AvgIpc) is 3.24. The molecule has 30 heavy (non-hydrogen) atoms. The molecule has 3 heterocycles. The molecule has 0 spiro atoms. The summed E-state index contributed by atoms with van der Waals surface area (Å²) in [5, 5.41) is 3.55. The Labute approximate surface area is 174 Å². The zero-order chi connectivity index (χ0) is 20.8. The second-order valence-electron chi connectivity index (χ2n) is 7.32. The minimum Gasteiger partial charge on any atom is -0.493 e.